The quantitative estimate of drug-likeness (QED) is 0.177. The predicted octanol–water partition coefficient (Wildman–Crippen LogP) is 5.65. The number of alkyl carbamates (subject to hydrolysis) is 1. The lowest BCUT2D eigenvalue weighted by molar-refractivity contribution is -0.138. The number of fused-ring (bicyclic) bond motifs is 2. The van der Waals surface area contributed by atoms with E-state index < -0.39 is 17.7 Å². The van der Waals surface area contributed by atoms with E-state index in [1.54, 1.807) is 307 Å². The lowest BCUT2D eigenvalue weighted by Gasteiger charge is -2.29. The van der Waals surface area contributed by atoms with Crippen molar-refractivity contribution >= 4 is 484 Å². The first-order chi connectivity index (χ1) is 50.0. The van der Waals surface area contributed by atoms with Gasteiger partial charge in [0.1, 0.15) is 17.7 Å². The first-order valence-corrected chi connectivity index (χ1v) is 87.0. The number of nitrogens with one attached hydrogen (secondary N) is 3. The first kappa shape index (κ1) is 107. The molecule has 2 unspecified atom stereocenters. The number of hydrogen-bond acceptors (Lipinski definition) is 12. The number of ether oxygens (including phenoxy) is 1. The van der Waals surface area contributed by atoms with Gasteiger partial charge in [-0.15, -0.1) is 12.3 Å². The van der Waals surface area contributed by atoms with Crippen molar-refractivity contribution in [3.63, 3.8) is 0 Å². The summed E-state index contributed by atoms with van der Waals surface area (Å²) in [6.45, 7) is 8.95. The third-order valence-corrected chi connectivity index (χ3v) is 102. The Bertz CT molecular complexity index is 5580. The van der Waals surface area contributed by atoms with Gasteiger partial charge in [0.15, 0.2) is 0 Å². The van der Waals surface area contributed by atoms with Crippen LogP contribution in [0, 0.1) is 24.2 Å². The monoisotopic (exact) mass is 2350 g/mol. The number of carbonyl (C=O) groups is 7. The van der Waals surface area contributed by atoms with Crippen molar-refractivity contribution in [2.24, 2.45) is 0 Å². The molecule has 2 atom stereocenters. The fraction of sp³-hybridized carbons (Fsp3) is 0.465. The average molecular weight is 2350 g/mol. The largest absolute Gasteiger partial charge is 0.444 e. The molecular formula is C43H52BrN5O8S47. The number of hydrogen-bond donors (Lipinski definition) is 3. The number of rotatable bonds is 7. The molecule has 13 nitrogen and oxygen atoms in total. The summed E-state index contributed by atoms with van der Waals surface area (Å²) >= 11 is 22.5. The highest BCUT2D eigenvalue weighted by molar-refractivity contribution is 9.10. The number of carbonyl (C=O) groups excluding carboxylic acids is 7. The number of unbranched alkanes of at least 4 members (excludes halogenated alkanes) is 3. The van der Waals surface area contributed by atoms with Crippen LogP contribution in [0.25, 0.3) is 0 Å². The van der Waals surface area contributed by atoms with Gasteiger partial charge in [0.05, 0.1) is 0 Å². The van der Waals surface area contributed by atoms with Gasteiger partial charge in [-0.05, 0) is 81.8 Å². The molecule has 6 rings (SSSR count). The van der Waals surface area contributed by atoms with E-state index in [0.29, 0.717) is 50.0 Å². The Morgan fingerprint density at radius 2 is 0.846 bits per heavy atom. The lowest BCUT2D eigenvalue weighted by Crippen LogP contribution is -2.52. The molecule has 0 spiro atoms. The zero-order valence-electron chi connectivity index (χ0n) is 51.4. The highest BCUT2D eigenvalue weighted by Gasteiger charge is 2.41. The van der Waals surface area contributed by atoms with Crippen LogP contribution in [0.3, 0.4) is 0 Å². The summed E-state index contributed by atoms with van der Waals surface area (Å²) in [5.41, 5.74) is 3.44. The smallest absolute Gasteiger partial charge is 0.407 e. The maximum absolute atomic E-state index is 12.7. The van der Waals surface area contributed by atoms with Gasteiger partial charge in [-0.3, -0.25) is 39.4 Å². The zero-order valence-corrected chi connectivity index (χ0v) is 91.4. The molecule has 4 heterocycles. The van der Waals surface area contributed by atoms with Crippen LogP contribution < -0.4 is 16.0 Å². The summed E-state index contributed by atoms with van der Waals surface area (Å²) in [5.74, 6) is 7.19. The minimum absolute atomic E-state index is 0. The molecule has 0 aromatic heterocycles. The van der Waals surface area contributed by atoms with Crippen molar-refractivity contribution in [3.05, 3.63) is 68.7 Å². The fourth-order valence-electron chi connectivity index (χ4n) is 6.81. The molecule has 2 aromatic carbocycles. The fourth-order valence-corrected chi connectivity index (χ4v) is 114. The number of imide groups is 2. The van der Waals surface area contributed by atoms with E-state index >= 15 is 0 Å². The molecule has 2 fully saturated rings. The van der Waals surface area contributed by atoms with Crippen molar-refractivity contribution in [1.29, 1.82) is 0 Å². The normalized spacial score (nSPS) is 13.3. The second-order valence-electron chi connectivity index (χ2n) is 17.5. The molecule has 586 valence electrons. The van der Waals surface area contributed by atoms with Crippen LogP contribution in [0.15, 0.2) is 40.9 Å². The minimum atomic E-state index is -0.580. The van der Waals surface area contributed by atoms with E-state index in [2.05, 4.69) is 56.6 Å². The standard InChI is InChI=1S/C19H20N2O3.C13H11BrN2O3.C10H17NO2.CH4.S24.S23/c1-2-3-4-5-7-13-8-6-9-14-15(13)12-21(19(14)24)16-10-11-17(22)20-18(16)23;14-9-3-1-2-7-8(9)6-16(13(7)19)10-4-5-11(17)15-12(10)18;1-5-6-7-8-11-9(12)13-10(2,3)4;;1-3-5-7-9-11-13-15-17-19-21-23-24-22-20-18-16-14-12-10-8-6-4-2;1-3-5-7-9-11-13-15-17-19-21-23-22-20-18-16-14-12-10-8-6-4-2/h6,8-9,16H,2-4,10-12H2,1H3,(H,20,22,23);1-3,10H,4-6H2,(H,15,17,18);1H,6-8H2,2-4H3,(H,11,12);1H4;;. The zero-order chi connectivity index (χ0) is 75.4. The van der Waals surface area contributed by atoms with Crippen LogP contribution in [-0.2, 0) is 464 Å². The Kier molecular flexibility index (Phi) is 75.1. The van der Waals surface area contributed by atoms with Gasteiger partial charge in [-0.2, -0.15) is 0 Å². The Balaban J connectivity index is 0.000000657. The molecule has 0 aliphatic carbocycles. The molecule has 0 saturated carbocycles. The van der Waals surface area contributed by atoms with Gasteiger partial charge in [0, 0.05) is 493 Å². The Hall–Kier alpha value is 4.87. The van der Waals surface area contributed by atoms with Crippen LogP contribution in [0.1, 0.15) is 130 Å². The second kappa shape index (κ2) is 73.0. The van der Waals surface area contributed by atoms with Gasteiger partial charge < -0.3 is 19.9 Å². The van der Waals surface area contributed by atoms with E-state index in [-0.39, 0.29) is 61.8 Å². The summed E-state index contributed by atoms with van der Waals surface area (Å²) in [6.07, 6.45) is 10.4. The molecule has 0 bridgehead atoms. The van der Waals surface area contributed by atoms with Gasteiger partial charge >= 0.3 is 6.09 Å². The average Bonchev–Trinajstić information content (AvgIpc) is 1.60. The lowest BCUT2D eigenvalue weighted by atomic mass is 10.0. The van der Waals surface area contributed by atoms with Crippen molar-refractivity contribution in [3.8, 4) is 24.2 Å². The van der Waals surface area contributed by atoms with Gasteiger partial charge in [-0.25, -0.2) is 4.79 Å². The summed E-state index contributed by atoms with van der Waals surface area (Å²) in [6, 6.07) is 9.82. The first-order valence-electron chi connectivity index (χ1n) is 26.2. The van der Waals surface area contributed by atoms with E-state index in [1.807, 2.05) is 101 Å². The van der Waals surface area contributed by atoms with Gasteiger partial charge in [0.2, 0.25) is 23.6 Å². The molecular weight excluding hydrogens is 2300 g/mol. The van der Waals surface area contributed by atoms with Crippen LogP contribution in [0.2, 0.25) is 0 Å². The van der Waals surface area contributed by atoms with Gasteiger partial charge in [-0.1, -0.05) is 60.7 Å². The molecule has 7 amide bonds. The maximum atomic E-state index is 12.7. The highest BCUT2D eigenvalue weighted by Crippen LogP contribution is 2.32. The molecule has 4 aliphatic rings. The number of terminal acetylenes is 1. The maximum Gasteiger partial charge on any atom is 0.407 e. The summed E-state index contributed by atoms with van der Waals surface area (Å²) < 4.78 is 5.88. The predicted molar refractivity (Wildman–Crippen MR) is 564 cm³/mol. The van der Waals surface area contributed by atoms with Crippen molar-refractivity contribution in [2.75, 3.05) is 6.54 Å². The van der Waals surface area contributed by atoms with Crippen molar-refractivity contribution in [1.82, 2.24) is 25.8 Å². The Morgan fingerprint density at radius 3 is 1.15 bits per heavy atom. The number of piperidine rings is 2. The second-order valence-corrected chi connectivity index (χ2v) is 94.4. The van der Waals surface area contributed by atoms with Crippen LogP contribution >= 0.6 is 15.9 Å². The topological polar surface area (TPSA) is 171 Å². The number of halogens is 1. The van der Waals surface area contributed by atoms with Crippen molar-refractivity contribution < 1.29 is 38.3 Å². The third-order valence-electron chi connectivity index (χ3n) is 10.3. The van der Waals surface area contributed by atoms with E-state index in [1.165, 1.54) is 40.4 Å². The van der Waals surface area contributed by atoms with Crippen LogP contribution in [0.4, 0.5) is 4.79 Å². The molecule has 0 radical (unpaired) electrons. The summed E-state index contributed by atoms with van der Waals surface area (Å²) in [5, 5.41) is 7.22. The van der Waals surface area contributed by atoms with Crippen LogP contribution in [-0.4, -0.2) is 75.6 Å². The molecule has 2 aromatic rings. The molecule has 3 N–H and O–H groups in total. The third kappa shape index (κ3) is 54.0. The van der Waals surface area contributed by atoms with Gasteiger partial charge in [0.25, 0.3) is 11.8 Å². The number of amides is 7. The van der Waals surface area contributed by atoms with Crippen molar-refractivity contribution in [2.45, 2.75) is 124 Å². The number of benzene rings is 2. The molecule has 104 heavy (non-hydrogen) atoms. The molecule has 2 saturated heterocycles. The summed E-state index contributed by atoms with van der Waals surface area (Å²) in [7, 11) is 74.4. The number of nitrogens with zero attached hydrogens (tertiary/aromatic N) is 2. The minimum Gasteiger partial charge on any atom is -0.444 e. The highest BCUT2D eigenvalue weighted by atomic mass is 79.9. The van der Waals surface area contributed by atoms with E-state index in [4.69, 9.17) is 55.9 Å². The Morgan fingerprint density at radius 1 is 0.519 bits per heavy atom. The summed E-state index contributed by atoms with van der Waals surface area (Å²) in [4.78, 5) is 85.5. The van der Waals surface area contributed by atoms with Crippen LogP contribution in [0.5, 0.6) is 0 Å². The molecule has 61 heteroatoms. The Labute approximate surface area is 755 Å². The SMILES string of the molecule is C.C#CCCCNC(=O)OC(C)(C)C.CCCCC#Cc1cccc2c1CN(C1CCC(=O)NC1=O)C2=O.O=C1CCC(N2Cc3c(Br)cccc3C2=O)C(=O)N1.S=S=S=S=S=S=S=S=S=S=S=S=S=S=S=S=S=S=S=S=S=S=S.S=S=S=S=S=S=S=S=S=S=S=S=S=S=S=S=S=S=S=S=S=S=S=S. The van der Waals surface area contributed by atoms with E-state index in [9.17, 15) is 33.6 Å². The molecule has 4 aliphatic heterocycles. The van der Waals surface area contributed by atoms with E-state index in [0.717, 1.165) is 46.8 Å².